The summed E-state index contributed by atoms with van der Waals surface area (Å²) in [5.74, 6) is 0.913. The van der Waals surface area contributed by atoms with Crippen molar-refractivity contribution in [2.24, 2.45) is 16.6 Å². The zero-order chi connectivity index (χ0) is 22.1. The van der Waals surface area contributed by atoms with Crippen molar-refractivity contribution < 1.29 is 13.5 Å². The Hall–Kier alpha value is -3.43. The molecule has 31 heavy (non-hydrogen) atoms. The van der Waals surface area contributed by atoms with Crippen LogP contribution in [0, 0.1) is 19.8 Å². The average Bonchev–Trinajstić information content (AvgIpc) is 3.45. The summed E-state index contributed by atoms with van der Waals surface area (Å²) in [7, 11) is 0. The minimum absolute atomic E-state index is 0.0991. The second kappa shape index (κ2) is 8.37. The van der Waals surface area contributed by atoms with Crippen LogP contribution in [0.3, 0.4) is 0 Å². The summed E-state index contributed by atoms with van der Waals surface area (Å²) in [5, 5.41) is 12.9. The molecule has 10 heteroatoms. The molecule has 2 unspecified atom stereocenters. The molecule has 3 aromatic heterocycles. The topological polar surface area (TPSA) is 104 Å². The Balaban J connectivity index is 1.55. The van der Waals surface area contributed by atoms with Gasteiger partial charge in [0.1, 0.15) is 5.69 Å². The molecule has 0 aromatic carbocycles. The summed E-state index contributed by atoms with van der Waals surface area (Å²) in [4.78, 5) is 8.53. The molecule has 8 nitrogen and oxygen atoms in total. The van der Waals surface area contributed by atoms with Crippen molar-refractivity contribution in [2.75, 3.05) is 6.54 Å². The fourth-order valence-corrected chi connectivity index (χ4v) is 3.59. The predicted molar refractivity (Wildman–Crippen MR) is 111 cm³/mol. The highest BCUT2D eigenvalue weighted by Crippen LogP contribution is 2.50. The summed E-state index contributed by atoms with van der Waals surface area (Å²) in [6, 6.07) is 5.12. The SMILES string of the molecule is CCN=C(/C=C(\N)C1CC1c1ccc(OC(F)F)nc1)c1cc(C)c2nnc(C)n2n1. The molecule has 0 radical (unpaired) electrons. The smallest absolute Gasteiger partial charge is 0.388 e. The maximum absolute atomic E-state index is 12.3. The Morgan fingerprint density at radius 1 is 1.35 bits per heavy atom. The van der Waals surface area contributed by atoms with Crippen LogP contribution in [0.15, 0.2) is 41.2 Å². The van der Waals surface area contributed by atoms with Gasteiger partial charge in [0.15, 0.2) is 11.5 Å². The third-order valence-electron chi connectivity index (χ3n) is 5.22. The molecule has 1 aliphatic rings. The second-order valence-corrected chi connectivity index (χ2v) is 7.46. The molecule has 2 atom stereocenters. The highest BCUT2D eigenvalue weighted by molar-refractivity contribution is 6.08. The Kier molecular flexibility index (Phi) is 5.62. The summed E-state index contributed by atoms with van der Waals surface area (Å²) in [6.45, 7) is 3.45. The lowest BCUT2D eigenvalue weighted by molar-refractivity contribution is -0.0528. The maximum atomic E-state index is 12.3. The molecule has 0 spiro atoms. The molecule has 1 saturated carbocycles. The van der Waals surface area contributed by atoms with Crippen molar-refractivity contribution in [1.29, 1.82) is 0 Å². The molecule has 162 valence electrons. The minimum atomic E-state index is -2.89. The number of alkyl halides is 2. The van der Waals surface area contributed by atoms with Crippen LogP contribution in [-0.2, 0) is 0 Å². The average molecular weight is 427 g/mol. The number of aryl methyl sites for hydroxylation is 2. The van der Waals surface area contributed by atoms with Gasteiger partial charge >= 0.3 is 6.61 Å². The van der Waals surface area contributed by atoms with E-state index in [4.69, 9.17) is 5.73 Å². The van der Waals surface area contributed by atoms with Gasteiger partial charge in [-0.15, -0.1) is 10.2 Å². The number of hydrogen-bond acceptors (Lipinski definition) is 7. The quantitative estimate of drug-likeness (QED) is 0.581. The van der Waals surface area contributed by atoms with Gasteiger partial charge in [-0.2, -0.15) is 18.4 Å². The number of ether oxygens (including phenoxy) is 1. The number of pyridine rings is 1. The van der Waals surface area contributed by atoms with Crippen molar-refractivity contribution >= 4 is 11.4 Å². The number of nitrogens with zero attached hydrogens (tertiary/aromatic N) is 6. The van der Waals surface area contributed by atoms with Crippen molar-refractivity contribution in [1.82, 2.24) is 24.8 Å². The van der Waals surface area contributed by atoms with Crippen LogP contribution < -0.4 is 10.5 Å². The molecule has 3 heterocycles. The van der Waals surface area contributed by atoms with Gasteiger partial charge in [0.2, 0.25) is 5.88 Å². The summed E-state index contributed by atoms with van der Waals surface area (Å²) < 4.78 is 30.6. The van der Waals surface area contributed by atoms with Crippen LogP contribution in [0.1, 0.15) is 41.9 Å². The molecule has 0 aliphatic heterocycles. The van der Waals surface area contributed by atoms with Crippen LogP contribution in [0.5, 0.6) is 5.88 Å². The highest BCUT2D eigenvalue weighted by Gasteiger charge is 2.40. The number of aromatic nitrogens is 5. The van der Waals surface area contributed by atoms with E-state index in [0.717, 1.165) is 17.5 Å². The minimum Gasteiger partial charge on any atom is -0.417 e. The van der Waals surface area contributed by atoms with E-state index < -0.39 is 6.61 Å². The van der Waals surface area contributed by atoms with Crippen LogP contribution in [0.25, 0.3) is 5.65 Å². The van der Waals surface area contributed by atoms with E-state index in [1.54, 1.807) is 16.8 Å². The zero-order valence-corrected chi connectivity index (χ0v) is 17.5. The standard InChI is InChI=1S/C21H23F2N7O/c1-4-25-17(18-7-11(2)20-28-27-12(3)30(20)29-18)9-16(24)15-8-14(15)13-5-6-19(26-10-13)31-21(22)23/h5-7,9-10,14-15,21H,4,8,24H2,1-3H3/b16-9-,25-17?. The number of allylic oxidation sites excluding steroid dienone is 2. The van der Waals surface area contributed by atoms with Crippen molar-refractivity contribution in [3.8, 4) is 5.88 Å². The summed E-state index contributed by atoms with van der Waals surface area (Å²) >= 11 is 0. The molecule has 1 fully saturated rings. The number of fused-ring (bicyclic) bond motifs is 1. The molecule has 0 amide bonds. The number of rotatable bonds is 7. The second-order valence-electron chi connectivity index (χ2n) is 7.46. The van der Waals surface area contributed by atoms with Gasteiger partial charge in [-0.1, -0.05) is 6.07 Å². The van der Waals surface area contributed by atoms with Crippen LogP contribution in [-0.4, -0.2) is 43.7 Å². The van der Waals surface area contributed by atoms with Gasteiger partial charge < -0.3 is 10.5 Å². The highest BCUT2D eigenvalue weighted by atomic mass is 19.3. The maximum Gasteiger partial charge on any atom is 0.388 e. The summed E-state index contributed by atoms with van der Waals surface area (Å²) in [6.07, 6.45) is 4.28. The normalized spacial score (nSPS) is 19.3. The first-order valence-electron chi connectivity index (χ1n) is 9.99. The van der Waals surface area contributed by atoms with Crippen LogP contribution in [0.4, 0.5) is 8.78 Å². The van der Waals surface area contributed by atoms with Crippen molar-refractivity contribution in [3.63, 3.8) is 0 Å². The van der Waals surface area contributed by atoms with Gasteiger partial charge in [-0.05, 0) is 56.4 Å². The van der Waals surface area contributed by atoms with E-state index in [0.29, 0.717) is 35.1 Å². The van der Waals surface area contributed by atoms with Crippen LogP contribution in [0.2, 0.25) is 0 Å². The van der Waals surface area contributed by atoms with Crippen molar-refractivity contribution in [3.05, 3.63) is 58.8 Å². The first-order chi connectivity index (χ1) is 14.9. The monoisotopic (exact) mass is 427 g/mol. The Morgan fingerprint density at radius 2 is 2.16 bits per heavy atom. The predicted octanol–water partition coefficient (Wildman–Crippen LogP) is 3.19. The van der Waals surface area contributed by atoms with E-state index >= 15 is 0 Å². The molecular weight excluding hydrogens is 404 g/mol. The Bertz CT molecular complexity index is 1150. The third-order valence-corrected chi connectivity index (χ3v) is 5.22. The molecular formula is C21H23F2N7O. The van der Waals surface area contributed by atoms with Crippen molar-refractivity contribution in [2.45, 2.75) is 39.7 Å². The number of halogens is 2. The molecule has 0 bridgehead atoms. The first-order valence-corrected chi connectivity index (χ1v) is 9.99. The van der Waals surface area contributed by atoms with Gasteiger partial charge in [0.05, 0.1) is 5.71 Å². The largest absolute Gasteiger partial charge is 0.417 e. The summed E-state index contributed by atoms with van der Waals surface area (Å²) in [5.41, 5.74) is 11.1. The lowest BCUT2D eigenvalue weighted by Crippen LogP contribution is -2.11. The lowest BCUT2D eigenvalue weighted by atomic mass is 10.1. The molecule has 3 aromatic rings. The van der Waals surface area contributed by atoms with Gasteiger partial charge in [-0.25, -0.2) is 4.98 Å². The Labute approximate surface area is 177 Å². The van der Waals surface area contributed by atoms with E-state index in [1.165, 1.54) is 6.07 Å². The van der Waals surface area contributed by atoms with E-state index in [1.807, 2.05) is 32.9 Å². The molecule has 1 aliphatic carbocycles. The fraction of sp³-hybridized carbons (Fsp3) is 0.381. The number of aliphatic imine (C=N–C) groups is 1. The third kappa shape index (κ3) is 4.37. The fourth-order valence-electron chi connectivity index (χ4n) is 3.59. The van der Waals surface area contributed by atoms with Gasteiger partial charge in [0, 0.05) is 30.4 Å². The van der Waals surface area contributed by atoms with E-state index in [9.17, 15) is 8.78 Å². The van der Waals surface area contributed by atoms with Crippen LogP contribution >= 0.6 is 0 Å². The molecule has 4 rings (SSSR count). The zero-order valence-electron chi connectivity index (χ0n) is 17.5. The molecule has 2 N–H and O–H groups in total. The van der Waals surface area contributed by atoms with E-state index in [2.05, 4.69) is 30.0 Å². The lowest BCUT2D eigenvalue weighted by Gasteiger charge is -2.07. The number of nitrogens with two attached hydrogens (primary N) is 1. The molecule has 0 saturated heterocycles. The Morgan fingerprint density at radius 3 is 2.84 bits per heavy atom. The number of hydrogen-bond donors (Lipinski definition) is 1. The first kappa shape index (κ1) is 20.8. The van der Waals surface area contributed by atoms with Gasteiger partial charge in [0.25, 0.3) is 0 Å². The van der Waals surface area contributed by atoms with E-state index in [-0.39, 0.29) is 17.7 Å². The van der Waals surface area contributed by atoms with Gasteiger partial charge in [-0.3, -0.25) is 4.99 Å².